The second-order valence-corrected chi connectivity index (χ2v) is 9.11. The number of allylic oxidation sites excluding steroid dienone is 2. The predicted molar refractivity (Wildman–Crippen MR) is 139 cm³/mol. The van der Waals surface area contributed by atoms with Crippen LogP contribution in [0.1, 0.15) is 42.7 Å². The largest absolute Gasteiger partial charge is 0.496 e. The molecule has 1 aliphatic carbocycles. The van der Waals surface area contributed by atoms with Gasteiger partial charge in [-0.25, -0.2) is 0 Å². The van der Waals surface area contributed by atoms with Gasteiger partial charge in [0.25, 0.3) is 0 Å². The molecule has 0 N–H and O–H groups in total. The lowest BCUT2D eigenvalue weighted by Gasteiger charge is -2.36. The second kappa shape index (κ2) is 11.6. The molecular formula is C29H33NO7. The van der Waals surface area contributed by atoms with Gasteiger partial charge in [0, 0.05) is 42.3 Å². The summed E-state index contributed by atoms with van der Waals surface area (Å²) in [5.74, 6) is -0.0377. The molecule has 2 aromatic rings. The molecule has 3 atom stereocenters. The molecule has 1 aliphatic heterocycles. The van der Waals surface area contributed by atoms with Gasteiger partial charge in [0.2, 0.25) is 0 Å². The molecular weight excluding hydrogens is 474 g/mol. The van der Waals surface area contributed by atoms with E-state index in [9.17, 15) is 9.59 Å². The molecule has 0 bridgehead atoms. The summed E-state index contributed by atoms with van der Waals surface area (Å²) < 4.78 is 27.1. The quantitative estimate of drug-likeness (QED) is 0.365. The average molecular weight is 508 g/mol. The molecule has 0 radical (unpaired) electrons. The first-order chi connectivity index (χ1) is 17.9. The maximum Gasteiger partial charge on any atom is 0.315 e. The first-order valence-electron chi connectivity index (χ1n) is 12.2. The molecule has 37 heavy (non-hydrogen) atoms. The molecule has 0 aromatic heterocycles. The number of carbonyl (C=O) groups is 2. The molecule has 0 spiro atoms. The van der Waals surface area contributed by atoms with Crippen LogP contribution in [0.15, 0.2) is 58.7 Å². The molecule has 0 saturated carbocycles. The Morgan fingerprint density at radius 2 is 1.65 bits per heavy atom. The van der Waals surface area contributed by atoms with Crippen LogP contribution in [0.5, 0.6) is 17.2 Å². The average Bonchev–Trinajstić information content (AvgIpc) is 2.91. The lowest BCUT2D eigenvalue weighted by Crippen LogP contribution is -2.38. The molecule has 1 heterocycles. The zero-order valence-corrected chi connectivity index (χ0v) is 21.9. The fourth-order valence-corrected chi connectivity index (χ4v) is 5.31. The highest BCUT2D eigenvalue weighted by molar-refractivity contribution is 6.09. The van der Waals surface area contributed by atoms with E-state index >= 15 is 0 Å². The van der Waals surface area contributed by atoms with Gasteiger partial charge in [0.05, 0.1) is 27.9 Å². The Hall–Kier alpha value is -3.65. The van der Waals surface area contributed by atoms with E-state index in [0.717, 1.165) is 16.9 Å². The Kier molecular flexibility index (Phi) is 8.28. The lowest BCUT2D eigenvalue weighted by atomic mass is 9.69. The highest BCUT2D eigenvalue weighted by Crippen LogP contribution is 2.48. The van der Waals surface area contributed by atoms with Crippen molar-refractivity contribution in [3.63, 3.8) is 0 Å². The third-order valence-corrected chi connectivity index (χ3v) is 7.02. The van der Waals surface area contributed by atoms with Gasteiger partial charge in [0.15, 0.2) is 17.3 Å². The van der Waals surface area contributed by atoms with E-state index in [-0.39, 0.29) is 24.9 Å². The number of nitrogens with zero attached hydrogens (tertiary/aromatic N) is 1. The van der Waals surface area contributed by atoms with E-state index < -0.39 is 17.8 Å². The Labute approximate surface area is 217 Å². The number of benzene rings is 2. The van der Waals surface area contributed by atoms with Crippen molar-refractivity contribution in [3.05, 3.63) is 64.9 Å². The molecule has 2 aliphatic rings. The third kappa shape index (κ3) is 5.25. The van der Waals surface area contributed by atoms with Gasteiger partial charge in [-0.05, 0) is 42.7 Å². The van der Waals surface area contributed by atoms with Gasteiger partial charge in [-0.15, -0.1) is 0 Å². The molecule has 0 amide bonds. The van der Waals surface area contributed by atoms with Crippen molar-refractivity contribution in [1.29, 1.82) is 0 Å². The fourth-order valence-electron chi connectivity index (χ4n) is 5.31. The van der Waals surface area contributed by atoms with E-state index in [4.69, 9.17) is 28.7 Å². The number of hydrogen-bond acceptors (Lipinski definition) is 8. The minimum absolute atomic E-state index is 0.0390. The Morgan fingerprint density at radius 1 is 0.919 bits per heavy atom. The number of methoxy groups -OCH3 is 4. The van der Waals surface area contributed by atoms with Crippen LogP contribution in [0.2, 0.25) is 0 Å². The fraction of sp³-hybridized carbons (Fsp3) is 0.414. The first kappa shape index (κ1) is 26.4. The molecule has 0 fully saturated rings. The first-order valence-corrected chi connectivity index (χ1v) is 12.2. The minimum Gasteiger partial charge on any atom is -0.496 e. The van der Waals surface area contributed by atoms with Gasteiger partial charge in [-0.1, -0.05) is 24.3 Å². The molecule has 2 aromatic carbocycles. The molecule has 8 nitrogen and oxygen atoms in total. The van der Waals surface area contributed by atoms with E-state index in [1.54, 1.807) is 34.5 Å². The monoisotopic (exact) mass is 507 g/mol. The van der Waals surface area contributed by atoms with Crippen molar-refractivity contribution < 1.29 is 33.3 Å². The van der Waals surface area contributed by atoms with E-state index in [0.29, 0.717) is 41.3 Å². The number of ketones is 1. The van der Waals surface area contributed by atoms with Crippen LogP contribution >= 0.6 is 0 Å². The Bertz CT molecular complexity index is 1230. The highest BCUT2D eigenvalue weighted by Gasteiger charge is 2.45. The van der Waals surface area contributed by atoms with Gasteiger partial charge >= 0.3 is 5.97 Å². The topological polar surface area (TPSA) is 92.7 Å². The van der Waals surface area contributed by atoms with Crippen LogP contribution in [0.3, 0.4) is 0 Å². The zero-order valence-electron chi connectivity index (χ0n) is 21.9. The van der Waals surface area contributed by atoms with E-state index in [1.165, 1.54) is 0 Å². The standard InChI is InChI=1S/C29H33NO7/c1-17-26(29(32)37-13-12-33-2)27(18-10-11-24(35-4)25(16-18)36-5)28-21(30-17)14-19(15-22(28)31)20-8-6-7-9-23(20)34-3/h6-11,16,19,26-27H,12-15H2,1-5H3. The summed E-state index contributed by atoms with van der Waals surface area (Å²) in [6, 6.07) is 13.2. The molecule has 196 valence electrons. The van der Waals surface area contributed by atoms with Crippen LogP contribution in [-0.2, 0) is 19.1 Å². The molecule has 3 unspecified atom stereocenters. The van der Waals surface area contributed by atoms with Crippen molar-refractivity contribution in [2.75, 3.05) is 41.7 Å². The van der Waals surface area contributed by atoms with Gasteiger partial charge in [0.1, 0.15) is 18.3 Å². The summed E-state index contributed by atoms with van der Waals surface area (Å²) in [5.41, 5.74) is 3.59. The van der Waals surface area contributed by atoms with E-state index in [1.807, 2.05) is 43.3 Å². The molecule has 8 heteroatoms. The summed E-state index contributed by atoms with van der Waals surface area (Å²) in [6.45, 7) is 2.22. The summed E-state index contributed by atoms with van der Waals surface area (Å²) in [4.78, 5) is 32.0. The summed E-state index contributed by atoms with van der Waals surface area (Å²) >= 11 is 0. The maximum absolute atomic E-state index is 13.8. The number of ether oxygens (including phenoxy) is 5. The summed E-state index contributed by atoms with van der Waals surface area (Å²) in [7, 11) is 6.29. The van der Waals surface area contributed by atoms with Crippen molar-refractivity contribution in [3.8, 4) is 17.2 Å². The number of para-hydroxylation sites is 1. The van der Waals surface area contributed by atoms with Gasteiger partial charge in [-0.3, -0.25) is 14.6 Å². The van der Waals surface area contributed by atoms with E-state index in [2.05, 4.69) is 0 Å². The Morgan fingerprint density at radius 3 is 2.35 bits per heavy atom. The van der Waals surface area contributed by atoms with Crippen molar-refractivity contribution >= 4 is 17.5 Å². The molecule has 4 rings (SSSR count). The normalized spacial score (nSPS) is 21.2. The summed E-state index contributed by atoms with van der Waals surface area (Å²) in [5, 5.41) is 0. The highest BCUT2D eigenvalue weighted by atomic mass is 16.6. The van der Waals surface area contributed by atoms with Gasteiger partial charge in [-0.2, -0.15) is 0 Å². The van der Waals surface area contributed by atoms with Gasteiger partial charge < -0.3 is 23.7 Å². The predicted octanol–water partition coefficient (Wildman–Crippen LogP) is 4.48. The Balaban J connectivity index is 1.80. The summed E-state index contributed by atoms with van der Waals surface area (Å²) in [6.07, 6.45) is 0.858. The number of esters is 1. The number of rotatable bonds is 9. The number of aliphatic imine (C=N–C) groups is 1. The second-order valence-electron chi connectivity index (χ2n) is 9.11. The van der Waals surface area contributed by atoms with Crippen LogP contribution in [0, 0.1) is 5.92 Å². The van der Waals surface area contributed by atoms with Crippen LogP contribution < -0.4 is 14.2 Å². The molecule has 0 saturated heterocycles. The maximum atomic E-state index is 13.8. The van der Waals surface area contributed by atoms with Crippen LogP contribution in [0.25, 0.3) is 0 Å². The third-order valence-electron chi connectivity index (χ3n) is 7.02. The minimum atomic E-state index is -0.750. The van der Waals surface area contributed by atoms with Crippen molar-refractivity contribution in [2.45, 2.75) is 31.6 Å². The number of carbonyl (C=O) groups excluding carboxylic acids is 2. The van der Waals surface area contributed by atoms with Crippen LogP contribution in [0.4, 0.5) is 0 Å². The number of Topliss-reactive ketones (excluding diaryl/α,β-unsaturated/α-hetero) is 1. The van der Waals surface area contributed by atoms with Crippen LogP contribution in [-0.4, -0.2) is 59.1 Å². The zero-order chi connectivity index (χ0) is 26.5. The smallest absolute Gasteiger partial charge is 0.315 e. The SMILES string of the molecule is COCCOC(=O)C1C(C)=NC2=C(C(=O)CC(c3ccccc3OC)C2)C1c1ccc(OC)c(OC)c1. The number of hydrogen-bond donors (Lipinski definition) is 0. The van der Waals surface area contributed by atoms with Crippen molar-refractivity contribution in [2.24, 2.45) is 10.9 Å². The lowest BCUT2D eigenvalue weighted by molar-refractivity contribution is -0.147. The van der Waals surface area contributed by atoms with Crippen molar-refractivity contribution in [1.82, 2.24) is 0 Å².